The van der Waals surface area contributed by atoms with Crippen molar-refractivity contribution in [2.24, 2.45) is 0 Å². The van der Waals surface area contributed by atoms with Crippen LogP contribution in [0.1, 0.15) is 39.0 Å². The van der Waals surface area contributed by atoms with Gasteiger partial charge >= 0.3 is 0 Å². The fraction of sp³-hybridized carbons (Fsp3) is 1.00. The van der Waals surface area contributed by atoms with Crippen LogP contribution in [0.4, 0.5) is 0 Å². The van der Waals surface area contributed by atoms with Crippen LogP contribution in [0.2, 0.25) is 0 Å². The summed E-state index contributed by atoms with van der Waals surface area (Å²) in [4.78, 5) is 2.25. The molecule has 0 heterocycles. The molecule has 2 heteroatoms. The molecule has 1 N–H and O–H groups in total. The molecule has 13 heavy (non-hydrogen) atoms. The molecule has 0 aromatic carbocycles. The highest BCUT2D eigenvalue weighted by atomic mass is 15.0. The predicted octanol–water partition coefficient (Wildman–Crippen LogP) is 2.11. The Morgan fingerprint density at radius 2 is 1.54 bits per heavy atom. The molecule has 0 unspecified atom stereocenters. The van der Waals surface area contributed by atoms with Crippen LogP contribution in [-0.4, -0.2) is 38.6 Å². The molecule has 2 nitrogen and oxygen atoms in total. The van der Waals surface area contributed by atoms with Gasteiger partial charge in [0.2, 0.25) is 0 Å². The van der Waals surface area contributed by atoms with Crippen LogP contribution >= 0.6 is 0 Å². The predicted molar refractivity (Wildman–Crippen MR) is 60.2 cm³/mol. The van der Waals surface area contributed by atoms with Crippen LogP contribution in [0.25, 0.3) is 0 Å². The zero-order valence-electron chi connectivity index (χ0n) is 9.60. The van der Waals surface area contributed by atoms with E-state index >= 15 is 0 Å². The third kappa shape index (κ3) is 11.9. The largest absolute Gasteiger partial charge is 0.317 e. The quantitative estimate of drug-likeness (QED) is 0.555. The second kappa shape index (κ2) is 10.0. The summed E-state index contributed by atoms with van der Waals surface area (Å²) in [6, 6.07) is 0. The molecule has 0 aromatic heterocycles. The smallest absolute Gasteiger partial charge is 0.00244 e. The second-order valence-corrected chi connectivity index (χ2v) is 3.97. The standard InChI is InChI=1S/C11H26N2/c1-4-5-6-9-12-10-7-8-11-13(2)3/h12H,4-11H2,1-3H3. The van der Waals surface area contributed by atoms with E-state index in [0.717, 1.165) is 0 Å². The molecule has 0 fully saturated rings. The maximum absolute atomic E-state index is 3.48. The number of hydrogen-bond donors (Lipinski definition) is 1. The van der Waals surface area contributed by atoms with Crippen molar-refractivity contribution >= 4 is 0 Å². The first-order valence-electron chi connectivity index (χ1n) is 5.62. The molecule has 0 saturated carbocycles. The van der Waals surface area contributed by atoms with Gasteiger partial charge in [0.15, 0.2) is 0 Å². The molecule has 0 spiro atoms. The molecule has 0 aromatic rings. The average molecular weight is 186 g/mol. The van der Waals surface area contributed by atoms with Gasteiger partial charge in [0.05, 0.1) is 0 Å². The van der Waals surface area contributed by atoms with E-state index < -0.39 is 0 Å². The van der Waals surface area contributed by atoms with Gasteiger partial charge in [-0.2, -0.15) is 0 Å². The highest BCUT2D eigenvalue weighted by Crippen LogP contribution is 1.92. The van der Waals surface area contributed by atoms with Gasteiger partial charge < -0.3 is 10.2 Å². The van der Waals surface area contributed by atoms with Crippen molar-refractivity contribution in [1.29, 1.82) is 0 Å². The van der Waals surface area contributed by atoms with E-state index in [2.05, 4.69) is 31.2 Å². The normalized spacial score (nSPS) is 11.1. The maximum Gasteiger partial charge on any atom is -0.00244 e. The molecule has 0 aliphatic carbocycles. The number of nitrogens with zero attached hydrogens (tertiary/aromatic N) is 1. The fourth-order valence-electron chi connectivity index (χ4n) is 1.30. The Morgan fingerprint density at radius 1 is 0.923 bits per heavy atom. The molecule has 0 radical (unpaired) electrons. The lowest BCUT2D eigenvalue weighted by Crippen LogP contribution is -2.19. The van der Waals surface area contributed by atoms with Crippen LogP contribution in [0.3, 0.4) is 0 Å². The van der Waals surface area contributed by atoms with Crippen molar-refractivity contribution < 1.29 is 0 Å². The van der Waals surface area contributed by atoms with Crippen LogP contribution in [-0.2, 0) is 0 Å². The van der Waals surface area contributed by atoms with E-state index in [1.165, 1.54) is 51.7 Å². The molecule has 0 amide bonds. The minimum Gasteiger partial charge on any atom is -0.317 e. The van der Waals surface area contributed by atoms with E-state index in [-0.39, 0.29) is 0 Å². The molecular weight excluding hydrogens is 160 g/mol. The van der Waals surface area contributed by atoms with Crippen molar-refractivity contribution in [3.05, 3.63) is 0 Å². The monoisotopic (exact) mass is 186 g/mol. The average Bonchev–Trinajstić information content (AvgIpc) is 2.09. The minimum atomic E-state index is 1.19. The summed E-state index contributed by atoms with van der Waals surface area (Å²) in [6.45, 7) is 5.86. The summed E-state index contributed by atoms with van der Waals surface area (Å²) in [7, 11) is 4.27. The van der Waals surface area contributed by atoms with Gasteiger partial charge in [0, 0.05) is 0 Å². The summed E-state index contributed by atoms with van der Waals surface area (Å²) in [5.41, 5.74) is 0. The first kappa shape index (κ1) is 12.9. The first-order chi connectivity index (χ1) is 6.27. The zero-order chi connectivity index (χ0) is 9.94. The zero-order valence-corrected chi connectivity index (χ0v) is 9.60. The summed E-state index contributed by atoms with van der Waals surface area (Å²) in [5, 5.41) is 3.48. The fourth-order valence-corrected chi connectivity index (χ4v) is 1.30. The van der Waals surface area contributed by atoms with Gasteiger partial charge in [0.25, 0.3) is 0 Å². The van der Waals surface area contributed by atoms with Gasteiger partial charge in [-0.25, -0.2) is 0 Å². The van der Waals surface area contributed by atoms with Crippen molar-refractivity contribution in [2.45, 2.75) is 39.0 Å². The van der Waals surface area contributed by atoms with E-state index in [4.69, 9.17) is 0 Å². The summed E-state index contributed by atoms with van der Waals surface area (Å²) >= 11 is 0. The summed E-state index contributed by atoms with van der Waals surface area (Å²) < 4.78 is 0. The molecule has 0 aliphatic heterocycles. The summed E-state index contributed by atoms with van der Waals surface area (Å²) in [6.07, 6.45) is 6.65. The van der Waals surface area contributed by atoms with Crippen LogP contribution in [0, 0.1) is 0 Å². The molecule has 0 atom stereocenters. The van der Waals surface area contributed by atoms with Crippen molar-refractivity contribution in [2.75, 3.05) is 33.7 Å². The van der Waals surface area contributed by atoms with Gasteiger partial charge in [-0.1, -0.05) is 19.8 Å². The number of rotatable bonds is 9. The minimum absolute atomic E-state index is 1.19. The number of unbranched alkanes of at least 4 members (excludes halogenated alkanes) is 3. The molecule has 0 rings (SSSR count). The molecule has 0 bridgehead atoms. The molecular formula is C11H26N2. The molecule has 80 valence electrons. The Balaban J connectivity index is 2.84. The highest BCUT2D eigenvalue weighted by Gasteiger charge is 1.91. The summed E-state index contributed by atoms with van der Waals surface area (Å²) in [5.74, 6) is 0. The van der Waals surface area contributed by atoms with E-state index in [1.54, 1.807) is 0 Å². The third-order valence-electron chi connectivity index (χ3n) is 2.17. The van der Waals surface area contributed by atoms with E-state index in [9.17, 15) is 0 Å². The molecule has 0 aliphatic rings. The number of hydrogen-bond acceptors (Lipinski definition) is 2. The second-order valence-electron chi connectivity index (χ2n) is 3.97. The Bertz CT molecular complexity index is 92.1. The van der Waals surface area contributed by atoms with Crippen LogP contribution < -0.4 is 5.32 Å². The van der Waals surface area contributed by atoms with Gasteiger partial charge in [-0.15, -0.1) is 0 Å². The first-order valence-corrected chi connectivity index (χ1v) is 5.62. The van der Waals surface area contributed by atoms with Crippen LogP contribution in [0.15, 0.2) is 0 Å². The lowest BCUT2D eigenvalue weighted by atomic mass is 10.2. The lowest BCUT2D eigenvalue weighted by molar-refractivity contribution is 0.391. The molecule has 0 saturated heterocycles. The van der Waals surface area contributed by atoms with Crippen molar-refractivity contribution in [3.8, 4) is 0 Å². The highest BCUT2D eigenvalue weighted by molar-refractivity contribution is 4.50. The van der Waals surface area contributed by atoms with E-state index in [1.807, 2.05) is 0 Å². The lowest BCUT2D eigenvalue weighted by Gasteiger charge is -2.09. The van der Waals surface area contributed by atoms with E-state index in [0.29, 0.717) is 0 Å². The Kier molecular flexibility index (Phi) is 9.94. The number of nitrogens with one attached hydrogen (secondary N) is 1. The van der Waals surface area contributed by atoms with Crippen molar-refractivity contribution in [1.82, 2.24) is 10.2 Å². The van der Waals surface area contributed by atoms with Gasteiger partial charge in [-0.05, 0) is 53.0 Å². The SMILES string of the molecule is CCCCCNCCCCN(C)C. The maximum atomic E-state index is 3.48. The topological polar surface area (TPSA) is 15.3 Å². The Labute approximate surface area is 83.7 Å². The Morgan fingerprint density at radius 3 is 2.08 bits per heavy atom. The Hall–Kier alpha value is -0.0800. The van der Waals surface area contributed by atoms with Crippen LogP contribution in [0.5, 0.6) is 0 Å². The van der Waals surface area contributed by atoms with Gasteiger partial charge in [-0.3, -0.25) is 0 Å². The third-order valence-corrected chi connectivity index (χ3v) is 2.17. The van der Waals surface area contributed by atoms with Crippen molar-refractivity contribution in [3.63, 3.8) is 0 Å². The van der Waals surface area contributed by atoms with Gasteiger partial charge in [0.1, 0.15) is 0 Å².